The smallest absolute Gasteiger partial charge is 0.222 e. The number of unbranched alkanes of at least 4 members (excludes halogenated alkanes) is 1. The van der Waals surface area contributed by atoms with Crippen molar-refractivity contribution in [3.8, 4) is 0 Å². The molecule has 1 atom stereocenters. The highest BCUT2D eigenvalue weighted by molar-refractivity contribution is 5.78. The first kappa shape index (κ1) is 17.8. The molecule has 0 saturated carbocycles. The lowest BCUT2D eigenvalue weighted by atomic mass is 10.2. The number of likely N-dealkylation sites (tertiary alicyclic amines) is 1. The number of hydrogen-bond donors (Lipinski definition) is 1. The molecule has 1 rings (SSSR count). The number of carbonyl (C=O) groups is 1. The van der Waals surface area contributed by atoms with Crippen LogP contribution in [0.1, 0.15) is 60.3 Å². The maximum Gasteiger partial charge on any atom is 0.222 e. The molecule has 0 spiro atoms. The van der Waals surface area contributed by atoms with E-state index in [9.17, 15) is 4.79 Å². The van der Waals surface area contributed by atoms with Crippen molar-refractivity contribution >= 4 is 5.91 Å². The fourth-order valence-electron chi connectivity index (χ4n) is 1.67. The second kappa shape index (κ2) is 12.5. The molecule has 0 radical (unpaired) electrons. The zero-order chi connectivity index (χ0) is 13.0. The van der Waals surface area contributed by atoms with Gasteiger partial charge in [0.2, 0.25) is 5.91 Å². The first-order valence-corrected chi connectivity index (χ1v) is 6.79. The van der Waals surface area contributed by atoms with Gasteiger partial charge in [0.15, 0.2) is 0 Å². The van der Waals surface area contributed by atoms with Crippen molar-refractivity contribution in [3.05, 3.63) is 0 Å². The van der Waals surface area contributed by atoms with Crippen molar-refractivity contribution in [2.75, 3.05) is 13.1 Å². The van der Waals surface area contributed by atoms with Gasteiger partial charge in [-0.15, -0.1) is 0 Å². The van der Waals surface area contributed by atoms with E-state index in [0.29, 0.717) is 24.9 Å². The second-order valence-electron chi connectivity index (χ2n) is 3.37. The number of carbonyl (C=O) groups excluding carboxylic acids is 1. The third kappa shape index (κ3) is 6.11. The highest BCUT2D eigenvalue weighted by Gasteiger charge is 2.28. The van der Waals surface area contributed by atoms with Crippen molar-refractivity contribution in [1.82, 2.24) is 4.90 Å². The molecule has 1 aliphatic heterocycles. The van der Waals surface area contributed by atoms with Crippen LogP contribution in [0.3, 0.4) is 0 Å². The molecule has 0 aromatic heterocycles. The quantitative estimate of drug-likeness (QED) is 0.807. The molecule has 0 bridgehead atoms. The van der Waals surface area contributed by atoms with Gasteiger partial charge in [-0.25, -0.2) is 0 Å². The van der Waals surface area contributed by atoms with Crippen LogP contribution in [0.2, 0.25) is 0 Å². The maximum atomic E-state index is 11.3. The van der Waals surface area contributed by atoms with E-state index in [1.54, 1.807) is 0 Å². The van der Waals surface area contributed by atoms with Crippen LogP contribution in [0.15, 0.2) is 0 Å². The van der Waals surface area contributed by atoms with Crippen LogP contribution in [0, 0.1) is 0 Å². The van der Waals surface area contributed by atoms with Gasteiger partial charge in [-0.3, -0.25) is 4.79 Å². The summed E-state index contributed by atoms with van der Waals surface area (Å²) in [7, 11) is 0. The largest absolute Gasteiger partial charge is 0.338 e. The third-order valence-electron chi connectivity index (χ3n) is 2.48. The molecule has 1 heterocycles. The van der Waals surface area contributed by atoms with E-state index >= 15 is 0 Å². The van der Waals surface area contributed by atoms with Crippen LogP contribution in [0.25, 0.3) is 0 Å². The van der Waals surface area contributed by atoms with E-state index in [1.165, 1.54) is 0 Å². The Hall–Kier alpha value is -0.570. The Morgan fingerprint density at radius 1 is 1.31 bits per heavy atom. The van der Waals surface area contributed by atoms with E-state index < -0.39 is 0 Å². The van der Waals surface area contributed by atoms with E-state index in [0.717, 1.165) is 25.8 Å². The Morgan fingerprint density at radius 2 is 1.88 bits per heavy atom. The second-order valence-corrected chi connectivity index (χ2v) is 3.37. The SMILES string of the molecule is CC.CC.CCCCN1C(=O)CC[C@@H]1CN. The molecule has 1 aliphatic rings. The van der Waals surface area contributed by atoms with Crippen molar-refractivity contribution in [2.24, 2.45) is 5.73 Å². The molecule has 3 heteroatoms. The zero-order valence-corrected chi connectivity index (χ0v) is 11.8. The summed E-state index contributed by atoms with van der Waals surface area (Å²) in [5.41, 5.74) is 5.56. The normalized spacial score (nSPS) is 18.5. The van der Waals surface area contributed by atoms with Crippen LogP contribution < -0.4 is 5.73 Å². The summed E-state index contributed by atoms with van der Waals surface area (Å²) in [6.07, 6.45) is 3.90. The molecule has 0 aromatic rings. The number of nitrogens with zero attached hydrogens (tertiary/aromatic N) is 1. The summed E-state index contributed by atoms with van der Waals surface area (Å²) in [5.74, 6) is 0.291. The van der Waals surface area contributed by atoms with Crippen molar-refractivity contribution in [3.63, 3.8) is 0 Å². The number of nitrogens with two attached hydrogens (primary N) is 1. The Labute approximate surface area is 101 Å². The van der Waals surface area contributed by atoms with Crippen molar-refractivity contribution in [1.29, 1.82) is 0 Å². The molecule has 0 aromatic carbocycles. The predicted octanol–water partition coefficient (Wildman–Crippen LogP) is 2.79. The van der Waals surface area contributed by atoms with Crippen LogP contribution >= 0.6 is 0 Å². The molecule has 1 fully saturated rings. The molecule has 0 unspecified atom stereocenters. The maximum absolute atomic E-state index is 11.3. The third-order valence-corrected chi connectivity index (χ3v) is 2.48. The van der Waals surface area contributed by atoms with Gasteiger partial charge in [-0.05, 0) is 12.8 Å². The first-order chi connectivity index (χ1) is 7.79. The predicted molar refractivity (Wildman–Crippen MR) is 71.4 cm³/mol. The summed E-state index contributed by atoms with van der Waals surface area (Å²) < 4.78 is 0. The summed E-state index contributed by atoms with van der Waals surface area (Å²) in [4.78, 5) is 13.3. The lowest BCUT2D eigenvalue weighted by Crippen LogP contribution is -2.38. The lowest BCUT2D eigenvalue weighted by molar-refractivity contribution is -0.128. The Kier molecular flexibility index (Phi) is 13.9. The van der Waals surface area contributed by atoms with Crippen molar-refractivity contribution < 1.29 is 4.79 Å². The van der Waals surface area contributed by atoms with Gasteiger partial charge in [0.25, 0.3) is 0 Å². The molecule has 1 saturated heterocycles. The van der Waals surface area contributed by atoms with Gasteiger partial charge >= 0.3 is 0 Å². The highest BCUT2D eigenvalue weighted by Crippen LogP contribution is 2.17. The molecule has 16 heavy (non-hydrogen) atoms. The van der Waals surface area contributed by atoms with Crippen LogP contribution in [-0.4, -0.2) is 29.9 Å². The first-order valence-electron chi connectivity index (χ1n) is 6.79. The minimum atomic E-state index is 0.291. The Bertz CT molecular complexity index is 160. The number of amides is 1. The minimum Gasteiger partial charge on any atom is -0.338 e. The number of rotatable bonds is 4. The monoisotopic (exact) mass is 230 g/mol. The molecule has 2 N–H and O–H groups in total. The van der Waals surface area contributed by atoms with E-state index in [-0.39, 0.29) is 0 Å². The van der Waals surface area contributed by atoms with E-state index in [4.69, 9.17) is 5.73 Å². The number of hydrogen-bond acceptors (Lipinski definition) is 2. The van der Waals surface area contributed by atoms with E-state index in [1.807, 2.05) is 32.6 Å². The fraction of sp³-hybridized carbons (Fsp3) is 0.923. The highest BCUT2D eigenvalue weighted by atomic mass is 16.2. The summed E-state index contributed by atoms with van der Waals surface area (Å²) in [5, 5.41) is 0. The molecule has 0 aliphatic carbocycles. The van der Waals surface area contributed by atoms with Gasteiger partial charge in [-0.1, -0.05) is 41.0 Å². The summed E-state index contributed by atoms with van der Waals surface area (Å²) >= 11 is 0. The van der Waals surface area contributed by atoms with Gasteiger partial charge < -0.3 is 10.6 Å². The average molecular weight is 230 g/mol. The van der Waals surface area contributed by atoms with Gasteiger partial charge in [0.1, 0.15) is 0 Å². The zero-order valence-electron chi connectivity index (χ0n) is 11.8. The Balaban J connectivity index is 0. The summed E-state index contributed by atoms with van der Waals surface area (Å²) in [6.45, 7) is 11.7. The Morgan fingerprint density at radius 3 is 2.31 bits per heavy atom. The van der Waals surface area contributed by atoms with Gasteiger partial charge in [-0.2, -0.15) is 0 Å². The van der Waals surface area contributed by atoms with Crippen molar-refractivity contribution in [2.45, 2.75) is 66.3 Å². The molecule has 98 valence electrons. The molecular weight excluding hydrogens is 200 g/mol. The molecule has 1 amide bonds. The standard InChI is InChI=1S/C9H18N2O.2C2H6/c1-2-3-6-11-8(7-10)4-5-9(11)12;2*1-2/h8H,2-7,10H2,1H3;2*1-2H3/t8-;;/m1../s1. The van der Waals surface area contributed by atoms with Crippen LogP contribution in [0.4, 0.5) is 0 Å². The van der Waals surface area contributed by atoms with Gasteiger partial charge in [0.05, 0.1) is 0 Å². The molecule has 3 nitrogen and oxygen atoms in total. The average Bonchev–Trinajstić information content (AvgIpc) is 2.72. The lowest BCUT2D eigenvalue weighted by Gasteiger charge is -2.23. The summed E-state index contributed by atoms with van der Waals surface area (Å²) in [6, 6.07) is 0.323. The fourth-order valence-corrected chi connectivity index (χ4v) is 1.67. The minimum absolute atomic E-state index is 0.291. The van der Waals surface area contributed by atoms with E-state index in [2.05, 4.69) is 6.92 Å². The topological polar surface area (TPSA) is 46.3 Å². The van der Waals surface area contributed by atoms with Crippen LogP contribution in [-0.2, 0) is 4.79 Å². The van der Waals surface area contributed by atoms with Gasteiger partial charge in [0, 0.05) is 25.6 Å². The molecular formula is C13H30N2O. The van der Waals surface area contributed by atoms with Crippen LogP contribution in [0.5, 0.6) is 0 Å².